The summed E-state index contributed by atoms with van der Waals surface area (Å²) < 4.78 is 0. The van der Waals surface area contributed by atoms with Gasteiger partial charge in [-0.25, -0.2) is 0 Å². The van der Waals surface area contributed by atoms with Crippen molar-refractivity contribution in [2.24, 2.45) is 5.92 Å². The third-order valence-corrected chi connectivity index (χ3v) is 3.82. The Morgan fingerprint density at radius 3 is 2.91 bits per heavy atom. The monoisotopic (exact) mass is 305 g/mol. The number of carboxylic acids is 1. The highest BCUT2D eigenvalue weighted by Gasteiger charge is 2.42. The number of rotatable bonds is 6. The van der Waals surface area contributed by atoms with E-state index in [1.807, 2.05) is 6.07 Å². The van der Waals surface area contributed by atoms with Crippen molar-refractivity contribution in [3.8, 4) is 0 Å². The summed E-state index contributed by atoms with van der Waals surface area (Å²) in [6.45, 7) is 0.291. The van der Waals surface area contributed by atoms with Crippen LogP contribution in [0.5, 0.6) is 0 Å². The molecule has 7 heteroatoms. The number of likely N-dealkylation sites (tertiary alicyclic amines) is 1. The van der Waals surface area contributed by atoms with Gasteiger partial charge < -0.3 is 15.3 Å². The van der Waals surface area contributed by atoms with Gasteiger partial charge in [0.15, 0.2) is 0 Å². The number of carbonyl (C=O) groups excluding carboxylic acids is 2. The zero-order valence-electron chi connectivity index (χ0n) is 12.4. The number of aromatic nitrogens is 1. The molecule has 0 aromatic carbocycles. The van der Waals surface area contributed by atoms with Gasteiger partial charge in [-0.1, -0.05) is 6.07 Å². The van der Waals surface area contributed by atoms with Crippen LogP contribution in [0.25, 0.3) is 0 Å². The first kappa shape index (κ1) is 15.9. The number of nitrogens with zero attached hydrogens (tertiary/aromatic N) is 2. The fourth-order valence-corrected chi connectivity index (χ4v) is 2.69. The Kier molecular flexibility index (Phi) is 5.08. The fraction of sp³-hybridized carbons (Fsp3) is 0.467. The number of hydrogen-bond donors (Lipinski definition) is 2. The third-order valence-electron chi connectivity index (χ3n) is 3.82. The molecule has 0 spiro atoms. The van der Waals surface area contributed by atoms with E-state index in [1.165, 1.54) is 0 Å². The first-order chi connectivity index (χ1) is 10.5. The summed E-state index contributed by atoms with van der Waals surface area (Å²) in [7, 11) is 1.68. The Morgan fingerprint density at radius 2 is 2.27 bits per heavy atom. The second-order valence-electron chi connectivity index (χ2n) is 5.33. The molecule has 1 aliphatic heterocycles. The maximum atomic E-state index is 12.3. The zero-order valence-corrected chi connectivity index (χ0v) is 12.4. The second-order valence-corrected chi connectivity index (χ2v) is 5.33. The molecule has 1 fully saturated rings. The van der Waals surface area contributed by atoms with Crippen molar-refractivity contribution in [1.29, 1.82) is 0 Å². The van der Waals surface area contributed by atoms with E-state index in [2.05, 4.69) is 10.3 Å². The molecule has 2 heterocycles. The van der Waals surface area contributed by atoms with Gasteiger partial charge in [-0.3, -0.25) is 19.4 Å². The van der Waals surface area contributed by atoms with Crippen LogP contribution in [0.4, 0.5) is 0 Å². The Balaban J connectivity index is 2.03. The highest BCUT2D eigenvalue weighted by Crippen LogP contribution is 2.36. The van der Waals surface area contributed by atoms with Gasteiger partial charge in [0.05, 0.1) is 12.0 Å². The first-order valence-corrected chi connectivity index (χ1v) is 7.16. The minimum atomic E-state index is -0.890. The van der Waals surface area contributed by atoms with Gasteiger partial charge in [0, 0.05) is 38.8 Å². The molecule has 0 saturated carbocycles. The first-order valence-electron chi connectivity index (χ1n) is 7.16. The van der Waals surface area contributed by atoms with Crippen molar-refractivity contribution in [1.82, 2.24) is 15.2 Å². The van der Waals surface area contributed by atoms with Gasteiger partial charge in [0.2, 0.25) is 11.8 Å². The van der Waals surface area contributed by atoms with Crippen LogP contribution >= 0.6 is 0 Å². The highest BCUT2D eigenvalue weighted by atomic mass is 16.4. The second kappa shape index (κ2) is 7.02. The van der Waals surface area contributed by atoms with Crippen LogP contribution in [0.2, 0.25) is 0 Å². The van der Waals surface area contributed by atoms with E-state index in [0.717, 1.165) is 5.56 Å². The van der Waals surface area contributed by atoms with Crippen LogP contribution in [-0.4, -0.2) is 46.4 Å². The summed E-state index contributed by atoms with van der Waals surface area (Å²) in [6.07, 6.45) is 3.83. The summed E-state index contributed by atoms with van der Waals surface area (Å²) >= 11 is 0. The maximum Gasteiger partial charge on any atom is 0.303 e. The molecule has 2 rings (SSSR count). The lowest BCUT2D eigenvalue weighted by Crippen LogP contribution is -2.35. The van der Waals surface area contributed by atoms with Crippen molar-refractivity contribution >= 4 is 17.8 Å². The van der Waals surface area contributed by atoms with Crippen LogP contribution in [0.15, 0.2) is 24.5 Å². The van der Waals surface area contributed by atoms with E-state index in [1.54, 1.807) is 30.4 Å². The van der Waals surface area contributed by atoms with E-state index in [4.69, 9.17) is 5.11 Å². The summed E-state index contributed by atoms with van der Waals surface area (Å²) in [5, 5.41) is 11.3. The van der Waals surface area contributed by atoms with Crippen LogP contribution in [0.1, 0.15) is 30.9 Å². The molecular formula is C15H19N3O4. The number of pyridine rings is 1. The minimum absolute atomic E-state index is 0.00974. The molecule has 1 aromatic rings. The lowest BCUT2D eigenvalue weighted by atomic mass is 9.94. The predicted octanol–water partition coefficient (Wildman–Crippen LogP) is 0.582. The summed E-state index contributed by atoms with van der Waals surface area (Å²) in [5.74, 6) is -1.68. The van der Waals surface area contributed by atoms with E-state index < -0.39 is 11.9 Å². The number of hydrogen-bond acceptors (Lipinski definition) is 4. The van der Waals surface area contributed by atoms with Crippen molar-refractivity contribution in [2.75, 3.05) is 13.6 Å². The molecule has 22 heavy (non-hydrogen) atoms. The molecule has 0 bridgehead atoms. The number of nitrogens with one attached hydrogen (secondary N) is 1. The van der Waals surface area contributed by atoms with Gasteiger partial charge in [-0.05, 0) is 18.1 Å². The smallest absolute Gasteiger partial charge is 0.303 e. The van der Waals surface area contributed by atoms with Gasteiger partial charge in [0.1, 0.15) is 0 Å². The molecule has 0 radical (unpaired) electrons. The minimum Gasteiger partial charge on any atom is -0.481 e. The van der Waals surface area contributed by atoms with Crippen molar-refractivity contribution < 1.29 is 19.5 Å². The average molecular weight is 305 g/mol. The van der Waals surface area contributed by atoms with E-state index in [-0.39, 0.29) is 30.7 Å². The molecule has 2 unspecified atom stereocenters. The van der Waals surface area contributed by atoms with Crippen molar-refractivity contribution in [2.45, 2.75) is 25.3 Å². The molecule has 1 aromatic heterocycles. The van der Waals surface area contributed by atoms with Gasteiger partial charge >= 0.3 is 5.97 Å². The molecule has 2 amide bonds. The SMILES string of the molecule is CN1C(=O)CC(C(=O)NCCCC(=O)O)C1c1cccnc1. The number of carbonyl (C=O) groups is 3. The molecule has 7 nitrogen and oxygen atoms in total. The van der Waals surface area contributed by atoms with E-state index in [0.29, 0.717) is 13.0 Å². The summed E-state index contributed by atoms with van der Waals surface area (Å²) in [6, 6.07) is 3.28. The summed E-state index contributed by atoms with van der Waals surface area (Å²) in [4.78, 5) is 40.3. The molecule has 2 atom stereocenters. The Morgan fingerprint density at radius 1 is 1.50 bits per heavy atom. The zero-order chi connectivity index (χ0) is 16.1. The van der Waals surface area contributed by atoms with Crippen molar-refractivity contribution in [3.05, 3.63) is 30.1 Å². The third kappa shape index (κ3) is 3.60. The lowest BCUT2D eigenvalue weighted by molar-refractivity contribution is -0.137. The molecule has 1 aliphatic rings. The normalized spacial score (nSPS) is 21.0. The van der Waals surface area contributed by atoms with Gasteiger partial charge in [-0.2, -0.15) is 0 Å². The molecule has 0 aliphatic carbocycles. The van der Waals surface area contributed by atoms with Crippen LogP contribution in [0.3, 0.4) is 0 Å². The van der Waals surface area contributed by atoms with Crippen LogP contribution < -0.4 is 5.32 Å². The molecule has 2 N–H and O–H groups in total. The Hall–Kier alpha value is -2.44. The Labute approximate surface area is 128 Å². The topological polar surface area (TPSA) is 99.6 Å². The predicted molar refractivity (Wildman–Crippen MR) is 77.7 cm³/mol. The van der Waals surface area contributed by atoms with Gasteiger partial charge in [-0.15, -0.1) is 0 Å². The lowest BCUT2D eigenvalue weighted by Gasteiger charge is -2.24. The summed E-state index contributed by atoms with van der Waals surface area (Å²) in [5.41, 5.74) is 0.821. The fourth-order valence-electron chi connectivity index (χ4n) is 2.69. The maximum absolute atomic E-state index is 12.3. The molecule has 118 valence electrons. The van der Waals surface area contributed by atoms with Crippen LogP contribution in [0, 0.1) is 5.92 Å². The quantitative estimate of drug-likeness (QED) is 0.749. The number of aliphatic carboxylic acids is 1. The highest BCUT2D eigenvalue weighted by molar-refractivity contribution is 5.90. The molecular weight excluding hydrogens is 286 g/mol. The average Bonchev–Trinajstić information content (AvgIpc) is 2.80. The Bertz CT molecular complexity index is 561. The van der Waals surface area contributed by atoms with Crippen molar-refractivity contribution in [3.63, 3.8) is 0 Å². The largest absolute Gasteiger partial charge is 0.481 e. The number of amides is 2. The van der Waals surface area contributed by atoms with E-state index in [9.17, 15) is 14.4 Å². The van der Waals surface area contributed by atoms with Crippen LogP contribution in [-0.2, 0) is 14.4 Å². The molecule has 1 saturated heterocycles. The standard InChI is InChI=1S/C15H19N3O4/c1-18-12(19)8-11(14(18)10-4-2-6-16-9-10)15(22)17-7-3-5-13(20)21/h2,4,6,9,11,14H,3,5,7-8H2,1H3,(H,17,22)(H,20,21). The van der Waals surface area contributed by atoms with E-state index >= 15 is 0 Å². The number of carboxylic acid groups (broad SMARTS) is 1. The van der Waals surface area contributed by atoms with Gasteiger partial charge in [0.25, 0.3) is 0 Å².